The van der Waals surface area contributed by atoms with E-state index >= 15 is 0 Å². The number of rotatable bonds is 7. The minimum Gasteiger partial charge on any atom is -0.496 e. The third-order valence-corrected chi connectivity index (χ3v) is 5.28. The summed E-state index contributed by atoms with van der Waals surface area (Å²) in [6.07, 6.45) is 2.06. The van der Waals surface area contributed by atoms with Crippen LogP contribution in [-0.4, -0.2) is 49.5 Å². The Morgan fingerprint density at radius 1 is 1.09 bits per heavy atom. The average Bonchev–Trinajstić information content (AvgIpc) is 2.81. The van der Waals surface area contributed by atoms with Crippen molar-refractivity contribution in [3.63, 3.8) is 0 Å². The smallest absolute Gasteiger partial charge is 0.228 e. The molecule has 4 rings (SSSR count). The number of hydrogen-bond acceptors (Lipinski definition) is 7. The minimum atomic E-state index is -0.0700. The van der Waals surface area contributed by atoms with Crippen molar-refractivity contribution in [2.75, 3.05) is 48.9 Å². The largest absolute Gasteiger partial charge is 0.496 e. The molecule has 2 aromatic carbocycles. The minimum absolute atomic E-state index is 0.0700. The van der Waals surface area contributed by atoms with E-state index in [-0.39, 0.29) is 5.91 Å². The third-order valence-electron chi connectivity index (χ3n) is 5.28. The molecule has 166 valence electrons. The van der Waals surface area contributed by atoms with Crippen LogP contribution >= 0.6 is 0 Å². The zero-order valence-electron chi connectivity index (χ0n) is 18.3. The zero-order chi connectivity index (χ0) is 22.3. The number of aromatic nitrogens is 2. The van der Waals surface area contributed by atoms with Gasteiger partial charge in [0.05, 0.1) is 38.6 Å². The highest BCUT2D eigenvalue weighted by Gasteiger charge is 2.12. The molecule has 0 aliphatic carbocycles. The highest BCUT2D eigenvalue weighted by Crippen LogP contribution is 2.22. The lowest BCUT2D eigenvalue weighted by atomic mass is 10.1. The van der Waals surface area contributed by atoms with Gasteiger partial charge in [-0.25, -0.2) is 0 Å². The van der Waals surface area contributed by atoms with Crippen molar-refractivity contribution in [1.82, 2.24) is 10.2 Å². The number of aryl methyl sites for hydroxylation is 1. The lowest BCUT2D eigenvalue weighted by molar-refractivity contribution is -0.115. The Morgan fingerprint density at radius 2 is 1.84 bits per heavy atom. The second-order valence-corrected chi connectivity index (χ2v) is 7.63. The van der Waals surface area contributed by atoms with Crippen LogP contribution in [0.2, 0.25) is 0 Å². The molecule has 8 heteroatoms. The Bertz CT molecular complexity index is 1070. The number of anilines is 4. The summed E-state index contributed by atoms with van der Waals surface area (Å²) < 4.78 is 10.7. The normalized spacial score (nSPS) is 13.5. The van der Waals surface area contributed by atoms with E-state index in [0.29, 0.717) is 12.2 Å². The summed E-state index contributed by atoms with van der Waals surface area (Å²) >= 11 is 0. The lowest BCUT2D eigenvalue weighted by Gasteiger charge is -2.28. The van der Waals surface area contributed by atoms with Gasteiger partial charge in [0.1, 0.15) is 5.75 Å². The molecule has 2 heterocycles. The fraction of sp³-hybridized carbons (Fsp3) is 0.292. The number of benzene rings is 2. The first-order chi connectivity index (χ1) is 15.6. The Kier molecular flexibility index (Phi) is 6.81. The second-order valence-electron chi connectivity index (χ2n) is 7.63. The van der Waals surface area contributed by atoms with E-state index in [4.69, 9.17) is 9.47 Å². The van der Waals surface area contributed by atoms with Crippen LogP contribution in [0.3, 0.4) is 0 Å². The Hall–Kier alpha value is -3.65. The van der Waals surface area contributed by atoms with E-state index in [0.717, 1.165) is 60.2 Å². The first-order valence-electron chi connectivity index (χ1n) is 10.6. The van der Waals surface area contributed by atoms with E-state index in [1.165, 1.54) is 0 Å². The number of nitrogens with zero attached hydrogens (tertiary/aromatic N) is 3. The standard InChI is InChI=1S/C24H27N5O3/c1-17-13-18(3-8-22(17)31-2)14-24(30)27-20-6-4-19(5-7-20)26-23-15-21(16-25-28-23)29-9-11-32-12-10-29/h3-8,13,15-16H,9-12,14H2,1-2H3,(H,26,28)(H,27,30). The molecule has 1 fully saturated rings. The fourth-order valence-electron chi connectivity index (χ4n) is 3.64. The molecule has 3 aromatic rings. The van der Waals surface area contributed by atoms with Crippen LogP contribution in [0.1, 0.15) is 11.1 Å². The summed E-state index contributed by atoms with van der Waals surface area (Å²) in [5.74, 6) is 1.41. The van der Waals surface area contributed by atoms with Crippen molar-refractivity contribution in [3.8, 4) is 5.75 Å². The maximum atomic E-state index is 12.4. The fourth-order valence-corrected chi connectivity index (χ4v) is 3.64. The summed E-state index contributed by atoms with van der Waals surface area (Å²) in [4.78, 5) is 14.7. The van der Waals surface area contributed by atoms with Crippen LogP contribution in [0.25, 0.3) is 0 Å². The Labute approximate surface area is 187 Å². The van der Waals surface area contributed by atoms with Crippen LogP contribution < -0.4 is 20.3 Å². The third kappa shape index (κ3) is 5.53. The van der Waals surface area contributed by atoms with Crippen molar-refractivity contribution >= 4 is 28.8 Å². The summed E-state index contributed by atoms with van der Waals surface area (Å²) in [7, 11) is 1.64. The molecule has 0 atom stereocenters. The molecule has 1 aliphatic heterocycles. The van der Waals surface area contributed by atoms with Crippen molar-refractivity contribution in [3.05, 3.63) is 65.9 Å². The van der Waals surface area contributed by atoms with Crippen LogP contribution in [0.4, 0.5) is 22.9 Å². The lowest BCUT2D eigenvalue weighted by Crippen LogP contribution is -2.36. The van der Waals surface area contributed by atoms with Crippen LogP contribution in [0, 0.1) is 6.92 Å². The highest BCUT2D eigenvalue weighted by molar-refractivity contribution is 5.92. The molecule has 8 nitrogen and oxygen atoms in total. The molecule has 1 amide bonds. The van der Waals surface area contributed by atoms with Gasteiger partial charge in [-0.05, 0) is 48.4 Å². The van der Waals surface area contributed by atoms with E-state index < -0.39 is 0 Å². The number of morpholine rings is 1. The van der Waals surface area contributed by atoms with Crippen molar-refractivity contribution < 1.29 is 14.3 Å². The van der Waals surface area contributed by atoms with Gasteiger partial charge in [-0.1, -0.05) is 12.1 Å². The average molecular weight is 434 g/mol. The van der Waals surface area contributed by atoms with E-state index in [9.17, 15) is 4.79 Å². The summed E-state index contributed by atoms with van der Waals surface area (Å²) in [5, 5.41) is 14.5. The predicted octanol–water partition coefficient (Wildman–Crippen LogP) is 3.56. The molecular formula is C24H27N5O3. The summed E-state index contributed by atoms with van der Waals surface area (Å²) in [6.45, 7) is 5.09. The van der Waals surface area contributed by atoms with E-state index in [1.807, 2.05) is 55.5 Å². The molecule has 0 spiro atoms. The molecule has 1 aliphatic rings. The van der Waals surface area contributed by atoms with Crippen molar-refractivity contribution in [2.45, 2.75) is 13.3 Å². The van der Waals surface area contributed by atoms with E-state index in [1.54, 1.807) is 13.3 Å². The van der Waals surface area contributed by atoms with Gasteiger partial charge in [-0.2, -0.15) is 5.10 Å². The number of carbonyl (C=O) groups is 1. The Balaban J connectivity index is 1.34. The molecule has 0 unspecified atom stereocenters. The van der Waals surface area contributed by atoms with Crippen LogP contribution in [0.15, 0.2) is 54.7 Å². The van der Waals surface area contributed by atoms with Crippen molar-refractivity contribution in [2.24, 2.45) is 0 Å². The monoisotopic (exact) mass is 433 g/mol. The zero-order valence-corrected chi connectivity index (χ0v) is 18.3. The molecule has 0 radical (unpaired) electrons. The number of ether oxygens (including phenoxy) is 2. The molecular weight excluding hydrogens is 406 g/mol. The van der Waals surface area contributed by atoms with Gasteiger partial charge in [-0.15, -0.1) is 5.10 Å². The molecule has 1 aromatic heterocycles. The van der Waals surface area contributed by atoms with Gasteiger partial charge in [0.15, 0.2) is 5.82 Å². The number of amides is 1. The van der Waals surface area contributed by atoms with Gasteiger partial charge >= 0.3 is 0 Å². The first-order valence-corrected chi connectivity index (χ1v) is 10.6. The maximum absolute atomic E-state index is 12.4. The second kappa shape index (κ2) is 10.1. The topological polar surface area (TPSA) is 88.6 Å². The molecule has 2 N–H and O–H groups in total. The summed E-state index contributed by atoms with van der Waals surface area (Å²) in [5.41, 5.74) is 4.57. The number of hydrogen-bond donors (Lipinski definition) is 2. The van der Waals surface area contributed by atoms with Crippen molar-refractivity contribution in [1.29, 1.82) is 0 Å². The molecule has 32 heavy (non-hydrogen) atoms. The van der Waals surface area contributed by atoms with Crippen LogP contribution in [-0.2, 0) is 16.0 Å². The van der Waals surface area contributed by atoms with Crippen LogP contribution in [0.5, 0.6) is 5.75 Å². The first kappa shape index (κ1) is 21.6. The Morgan fingerprint density at radius 3 is 2.56 bits per heavy atom. The van der Waals surface area contributed by atoms with Gasteiger partial charge < -0.3 is 25.0 Å². The number of methoxy groups -OCH3 is 1. The van der Waals surface area contributed by atoms with Gasteiger partial charge in [-0.3, -0.25) is 4.79 Å². The van der Waals surface area contributed by atoms with Gasteiger partial charge in [0.2, 0.25) is 5.91 Å². The quantitative estimate of drug-likeness (QED) is 0.589. The summed E-state index contributed by atoms with van der Waals surface area (Å²) in [6, 6.07) is 15.3. The number of carbonyl (C=O) groups excluding carboxylic acids is 1. The van der Waals surface area contributed by atoms with Gasteiger partial charge in [0.25, 0.3) is 0 Å². The highest BCUT2D eigenvalue weighted by atomic mass is 16.5. The molecule has 0 bridgehead atoms. The predicted molar refractivity (Wildman–Crippen MR) is 125 cm³/mol. The van der Waals surface area contributed by atoms with Gasteiger partial charge in [0, 0.05) is 30.5 Å². The van der Waals surface area contributed by atoms with E-state index in [2.05, 4.69) is 25.7 Å². The SMILES string of the molecule is COc1ccc(CC(=O)Nc2ccc(Nc3cc(N4CCOCC4)cnn3)cc2)cc1C. The molecule has 1 saturated heterocycles. The number of nitrogens with one attached hydrogen (secondary N) is 2. The molecule has 0 saturated carbocycles. The maximum Gasteiger partial charge on any atom is 0.228 e.